The number of fused-ring (bicyclic) bond motifs is 1. The summed E-state index contributed by atoms with van der Waals surface area (Å²) in [5, 5.41) is 11.4. The Kier molecular flexibility index (Phi) is 2.81. The van der Waals surface area contributed by atoms with Gasteiger partial charge in [-0.25, -0.2) is 8.78 Å². The van der Waals surface area contributed by atoms with Crippen LogP contribution >= 0.6 is 0 Å². The molecule has 0 bridgehead atoms. The van der Waals surface area contributed by atoms with Gasteiger partial charge in [0.1, 0.15) is 5.82 Å². The van der Waals surface area contributed by atoms with E-state index in [0.29, 0.717) is 11.5 Å². The molecule has 2 aromatic rings. The van der Waals surface area contributed by atoms with Crippen LogP contribution in [0.25, 0.3) is 5.65 Å². The minimum Gasteiger partial charge on any atom is -0.355 e. The zero-order chi connectivity index (χ0) is 12.5. The number of anilines is 1. The van der Waals surface area contributed by atoms with Crippen LogP contribution in [0.3, 0.4) is 0 Å². The highest BCUT2D eigenvalue weighted by Gasteiger charge is 2.19. The predicted molar refractivity (Wildman–Crippen MR) is 61.8 cm³/mol. The maximum atomic E-state index is 12.7. The van der Waals surface area contributed by atoms with Crippen molar-refractivity contribution in [2.45, 2.75) is 25.7 Å². The van der Waals surface area contributed by atoms with Crippen LogP contribution in [0.5, 0.6) is 0 Å². The zero-order valence-corrected chi connectivity index (χ0v) is 9.76. The molecule has 3 rings (SSSR count). The van der Waals surface area contributed by atoms with Crippen molar-refractivity contribution in [1.29, 1.82) is 0 Å². The monoisotopic (exact) mass is 253 g/mol. The van der Waals surface area contributed by atoms with Gasteiger partial charge < -0.3 is 4.90 Å². The highest BCUT2D eigenvalue weighted by Crippen LogP contribution is 2.20. The number of piperidine rings is 1. The molecule has 0 N–H and O–H groups in total. The van der Waals surface area contributed by atoms with Crippen LogP contribution in [0.2, 0.25) is 0 Å². The fraction of sp³-hybridized carbons (Fsp3) is 0.545. The smallest absolute Gasteiger partial charge is 0.299 e. The van der Waals surface area contributed by atoms with Gasteiger partial charge in [-0.3, -0.25) is 0 Å². The Morgan fingerprint density at radius 3 is 2.56 bits per heavy atom. The van der Waals surface area contributed by atoms with Gasteiger partial charge in [-0.05, 0) is 31.4 Å². The van der Waals surface area contributed by atoms with Gasteiger partial charge >= 0.3 is 0 Å². The normalized spacial score (nSPS) is 16.7. The number of alkyl halides is 2. The molecule has 1 fully saturated rings. The molecule has 0 saturated carbocycles. The lowest BCUT2D eigenvalue weighted by Crippen LogP contribution is -2.30. The van der Waals surface area contributed by atoms with Crippen LogP contribution in [0.1, 0.15) is 31.5 Å². The molecule has 2 aromatic heterocycles. The molecule has 0 unspecified atom stereocenters. The summed E-state index contributed by atoms with van der Waals surface area (Å²) in [5.74, 6) is 0.313. The Bertz CT molecular complexity index is 547. The van der Waals surface area contributed by atoms with Crippen molar-refractivity contribution in [3.8, 4) is 0 Å². The molecule has 5 nitrogen and oxygen atoms in total. The molecule has 0 spiro atoms. The second-order valence-electron chi connectivity index (χ2n) is 4.37. The van der Waals surface area contributed by atoms with Crippen LogP contribution < -0.4 is 4.90 Å². The van der Waals surface area contributed by atoms with E-state index in [9.17, 15) is 8.78 Å². The lowest BCUT2D eigenvalue weighted by atomic mass is 10.1. The number of hydrogen-bond donors (Lipinski definition) is 0. The van der Waals surface area contributed by atoms with Crippen LogP contribution in [-0.2, 0) is 0 Å². The maximum Gasteiger partial charge on any atom is 0.299 e. The third-order valence-corrected chi connectivity index (χ3v) is 3.15. The molecule has 1 aliphatic rings. The van der Waals surface area contributed by atoms with Crippen LogP contribution in [0, 0.1) is 0 Å². The number of nitrogens with zero attached hydrogens (tertiary/aromatic N) is 5. The molecule has 1 aliphatic heterocycles. The van der Waals surface area contributed by atoms with Crippen molar-refractivity contribution >= 4 is 11.5 Å². The Hall–Kier alpha value is -1.79. The highest BCUT2D eigenvalue weighted by molar-refractivity contribution is 5.46. The first kappa shape index (κ1) is 11.3. The lowest BCUT2D eigenvalue weighted by molar-refractivity contribution is 0.137. The molecule has 96 valence electrons. The van der Waals surface area contributed by atoms with Gasteiger partial charge in [-0.1, -0.05) is 0 Å². The minimum atomic E-state index is -2.66. The summed E-state index contributed by atoms with van der Waals surface area (Å²) in [6.45, 7) is 1.84. The van der Waals surface area contributed by atoms with E-state index in [0.717, 1.165) is 30.4 Å². The highest BCUT2D eigenvalue weighted by atomic mass is 19.3. The van der Waals surface area contributed by atoms with Gasteiger partial charge in [0.25, 0.3) is 6.43 Å². The van der Waals surface area contributed by atoms with Crippen LogP contribution in [0.4, 0.5) is 14.6 Å². The molecule has 1 saturated heterocycles. The van der Waals surface area contributed by atoms with E-state index >= 15 is 0 Å². The topological polar surface area (TPSA) is 46.3 Å². The second kappa shape index (κ2) is 4.47. The zero-order valence-electron chi connectivity index (χ0n) is 9.76. The van der Waals surface area contributed by atoms with Crippen molar-refractivity contribution in [3.05, 3.63) is 18.0 Å². The Morgan fingerprint density at radius 2 is 1.83 bits per heavy atom. The van der Waals surface area contributed by atoms with Gasteiger partial charge in [-0.2, -0.15) is 4.52 Å². The summed E-state index contributed by atoms with van der Waals surface area (Å²) in [6, 6.07) is 3.49. The fourth-order valence-corrected chi connectivity index (χ4v) is 2.22. The van der Waals surface area contributed by atoms with Gasteiger partial charge in [0.05, 0.1) is 0 Å². The van der Waals surface area contributed by atoms with Gasteiger partial charge in [0, 0.05) is 13.1 Å². The summed E-state index contributed by atoms with van der Waals surface area (Å²) >= 11 is 0. The average Bonchev–Trinajstić information content (AvgIpc) is 2.82. The summed E-state index contributed by atoms with van der Waals surface area (Å²) in [4.78, 5) is 2.11. The molecular formula is C11H13F2N5. The lowest BCUT2D eigenvalue weighted by Gasteiger charge is -2.27. The van der Waals surface area contributed by atoms with Crippen molar-refractivity contribution < 1.29 is 8.78 Å². The van der Waals surface area contributed by atoms with E-state index in [1.165, 1.54) is 6.42 Å². The molecular weight excluding hydrogens is 240 g/mol. The SMILES string of the molecule is FC(F)c1nnc2ccc(N3CCCCC3)nn12. The standard InChI is InChI=1S/C11H13F2N5/c12-10(13)11-15-14-8-4-5-9(16-18(8)11)17-6-2-1-3-7-17/h4-5,10H,1-3,6-7H2. The van der Waals surface area contributed by atoms with E-state index in [-0.39, 0.29) is 0 Å². The molecule has 0 aromatic carbocycles. The molecule has 18 heavy (non-hydrogen) atoms. The number of halogens is 2. The van der Waals surface area contributed by atoms with Crippen molar-refractivity contribution in [2.24, 2.45) is 0 Å². The van der Waals surface area contributed by atoms with Crippen molar-refractivity contribution in [3.63, 3.8) is 0 Å². The summed E-state index contributed by atoms with van der Waals surface area (Å²) in [7, 11) is 0. The summed E-state index contributed by atoms with van der Waals surface area (Å²) in [5.41, 5.74) is 0.353. The quantitative estimate of drug-likeness (QED) is 0.821. The third-order valence-electron chi connectivity index (χ3n) is 3.15. The first-order valence-electron chi connectivity index (χ1n) is 6.01. The van der Waals surface area contributed by atoms with E-state index in [4.69, 9.17) is 0 Å². The first-order valence-corrected chi connectivity index (χ1v) is 6.01. The number of rotatable bonds is 2. The molecule has 0 aliphatic carbocycles. The van der Waals surface area contributed by atoms with Gasteiger partial charge in [-0.15, -0.1) is 15.3 Å². The van der Waals surface area contributed by atoms with Gasteiger partial charge in [0.2, 0.25) is 5.82 Å². The summed E-state index contributed by atoms with van der Waals surface area (Å²) < 4.78 is 26.6. The molecule has 7 heteroatoms. The molecule has 0 atom stereocenters. The van der Waals surface area contributed by atoms with E-state index in [2.05, 4.69) is 20.2 Å². The van der Waals surface area contributed by atoms with E-state index < -0.39 is 12.2 Å². The first-order chi connectivity index (χ1) is 8.75. The number of aromatic nitrogens is 4. The molecule has 3 heterocycles. The molecule has 0 amide bonds. The van der Waals surface area contributed by atoms with Crippen LogP contribution in [-0.4, -0.2) is 32.9 Å². The Morgan fingerprint density at radius 1 is 1.06 bits per heavy atom. The minimum absolute atomic E-state index is 0.353. The number of hydrogen-bond acceptors (Lipinski definition) is 4. The van der Waals surface area contributed by atoms with Crippen molar-refractivity contribution in [2.75, 3.05) is 18.0 Å². The van der Waals surface area contributed by atoms with E-state index in [1.54, 1.807) is 6.07 Å². The summed E-state index contributed by atoms with van der Waals surface area (Å²) in [6.07, 6.45) is 0.782. The van der Waals surface area contributed by atoms with Gasteiger partial charge in [0.15, 0.2) is 5.65 Å². The predicted octanol–water partition coefficient (Wildman–Crippen LogP) is 2.05. The Labute approximate surface area is 102 Å². The Balaban J connectivity index is 2.00. The third kappa shape index (κ3) is 1.89. The van der Waals surface area contributed by atoms with E-state index in [1.807, 2.05) is 6.07 Å². The maximum absolute atomic E-state index is 12.7. The van der Waals surface area contributed by atoms with Crippen LogP contribution in [0.15, 0.2) is 12.1 Å². The fourth-order valence-electron chi connectivity index (χ4n) is 2.22. The van der Waals surface area contributed by atoms with Crippen molar-refractivity contribution in [1.82, 2.24) is 19.8 Å². The molecule has 0 radical (unpaired) electrons. The average molecular weight is 253 g/mol. The largest absolute Gasteiger partial charge is 0.355 e. The second-order valence-corrected chi connectivity index (χ2v) is 4.37.